The van der Waals surface area contributed by atoms with Crippen molar-refractivity contribution in [3.05, 3.63) is 23.9 Å². The summed E-state index contributed by atoms with van der Waals surface area (Å²) in [6.07, 6.45) is 4.48. The number of pyridine rings is 1. The second kappa shape index (κ2) is 7.46. The molecule has 106 valence electrons. The van der Waals surface area contributed by atoms with E-state index in [1.54, 1.807) is 0 Å². The molecule has 0 spiro atoms. The van der Waals surface area contributed by atoms with Gasteiger partial charge in [-0.05, 0) is 51.0 Å². The van der Waals surface area contributed by atoms with E-state index in [1.165, 1.54) is 31.5 Å². The van der Waals surface area contributed by atoms with Crippen molar-refractivity contribution in [2.24, 2.45) is 0 Å². The van der Waals surface area contributed by atoms with Gasteiger partial charge in [-0.25, -0.2) is 4.98 Å². The fourth-order valence-corrected chi connectivity index (χ4v) is 2.48. The second-order valence-electron chi connectivity index (χ2n) is 5.10. The molecule has 2 heterocycles. The van der Waals surface area contributed by atoms with Crippen LogP contribution in [0.4, 0.5) is 0 Å². The van der Waals surface area contributed by atoms with Gasteiger partial charge in [-0.2, -0.15) is 0 Å². The van der Waals surface area contributed by atoms with Gasteiger partial charge in [-0.15, -0.1) is 0 Å². The summed E-state index contributed by atoms with van der Waals surface area (Å²) in [6.45, 7) is 9.41. The number of hydrogen-bond donors (Lipinski definition) is 1. The number of aromatic nitrogens is 1. The molecule has 1 atom stereocenters. The summed E-state index contributed by atoms with van der Waals surface area (Å²) >= 11 is 0. The molecule has 0 saturated carbocycles. The van der Waals surface area contributed by atoms with Gasteiger partial charge in [0.05, 0.1) is 0 Å². The van der Waals surface area contributed by atoms with Gasteiger partial charge in [0.25, 0.3) is 0 Å². The third-order valence-electron chi connectivity index (χ3n) is 3.63. The van der Waals surface area contributed by atoms with Crippen LogP contribution in [-0.2, 0) is 0 Å². The van der Waals surface area contributed by atoms with Gasteiger partial charge in [0, 0.05) is 24.8 Å². The minimum Gasteiger partial charge on any atom is -0.476 e. The van der Waals surface area contributed by atoms with Crippen molar-refractivity contribution in [2.75, 3.05) is 32.8 Å². The molecular weight excluding hydrogens is 238 g/mol. The molecule has 1 fully saturated rings. The summed E-state index contributed by atoms with van der Waals surface area (Å²) in [7, 11) is 0. The summed E-state index contributed by atoms with van der Waals surface area (Å²) in [4.78, 5) is 6.73. The SMILES string of the molecule is CCNC(C)c1ccnc(OCCN2CCCC2)c1. The normalized spacial score (nSPS) is 17.6. The van der Waals surface area contributed by atoms with Crippen LogP contribution in [0.2, 0.25) is 0 Å². The van der Waals surface area contributed by atoms with Crippen molar-refractivity contribution in [3.63, 3.8) is 0 Å². The third kappa shape index (κ3) is 4.48. The van der Waals surface area contributed by atoms with E-state index in [-0.39, 0.29) is 0 Å². The molecule has 1 aromatic heterocycles. The predicted octanol–water partition coefficient (Wildman–Crippen LogP) is 2.23. The lowest BCUT2D eigenvalue weighted by Gasteiger charge is -2.16. The van der Waals surface area contributed by atoms with Crippen LogP contribution in [0.5, 0.6) is 5.88 Å². The summed E-state index contributed by atoms with van der Waals surface area (Å²) in [6, 6.07) is 4.42. The van der Waals surface area contributed by atoms with Crippen LogP contribution in [0.25, 0.3) is 0 Å². The van der Waals surface area contributed by atoms with Crippen molar-refractivity contribution in [3.8, 4) is 5.88 Å². The topological polar surface area (TPSA) is 37.4 Å². The van der Waals surface area contributed by atoms with Crippen LogP contribution in [0.3, 0.4) is 0 Å². The summed E-state index contributed by atoms with van der Waals surface area (Å²) in [5.41, 5.74) is 1.23. The molecular formula is C15H25N3O. The number of nitrogens with one attached hydrogen (secondary N) is 1. The highest BCUT2D eigenvalue weighted by molar-refractivity contribution is 5.23. The first-order valence-corrected chi connectivity index (χ1v) is 7.34. The third-order valence-corrected chi connectivity index (χ3v) is 3.63. The number of hydrogen-bond acceptors (Lipinski definition) is 4. The lowest BCUT2D eigenvalue weighted by molar-refractivity contribution is 0.231. The standard InChI is InChI=1S/C15H25N3O/c1-3-16-13(2)14-6-7-17-15(12-14)19-11-10-18-8-4-5-9-18/h6-7,12-13,16H,3-5,8-11H2,1-2H3. The van der Waals surface area contributed by atoms with Crippen LogP contribution in [0, 0.1) is 0 Å². The predicted molar refractivity (Wildman–Crippen MR) is 77.5 cm³/mol. The minimum atomic E-state index is 0.342. The van der Waals surface area contributed by atoms with Gasteiger partial charge in [0.1, 0.15) is 6.61 Å². The van der Waals surface area contributed by atoms with Crippen molar-refractivity contribution < 1.29 is 4.74 Å². The molecule has 1 saturated heterocycles. The minimum absolute atomic E-state index is 0.342. The lowest BCUT2D eigenvalue weighted by atomic mass is 10.1. The summed E-state index contributed by atoms with van der Waals surface area (Å²) in [5, 5.41) is 3.40. The quantitative estimate of drug-likeness (QED) is 0.818. The zero-order valence-corrected chi connectivity index (χ0v) is 12.1. The second-order valence-corrected chi connectivity index (χ2v) is 5.10. The molecule has 2 rings (SSSR count). The fourth-order valence-electron chi connectivity index (χ4n) is 2.48. The van der Waals surface area contributed by atoms with E-state index in [2.05, 4.69) is 29.0 Å². The number of rotatable bonds is 7. The van der Waals surface area contributed by atoms with Gasteiger partial charge in [-0.1, -0.05) is 6.92 Å². The first-order valence-electron chi connectivity index (χ1n) is 7.34. The fraction of sp³-hybridized carbons (Fsp3) is 0.667. The van der Waals surface area contributed by atoms with Gasteiger partial charge in [-0.3, -0.25) is 4.90 Å². The van der Waals surface area contributed by atoms with Crippen molar-refractivity contribution in [2.45, 2.75) is 32.7 Å². The highest BCUT2D eigenvalue weighted by Gasteiger charge is 2.11. The van der Waals surface area contributed by atoms with Gasteiger partial charge >= 0.3 is 0 Å². The average Bonchev–Trinajstić information content (AvgIpc) is 2.93. The molecule has 0 aromatic carbocycles. The Bertz CT molecular complexity index is 377. The molecule has 0 amide bonds. The van der Waals surface area contributed by atoms with E-state index < -0.39 is 0 Å². The monoisotopic (exact) mass is 263 g/mol. The van der Waals surface area contributed by atoms with E-state index >= 15 is 0 Å². The molecule has 1 aromatic rings. The number of ether oxygens (including phenoxy) is 1. The van der Waals surface area contributed by atoms with E-state index in [9.17, 15) is 0 Å². The molecule has 0 radical (unpaired) electrons. The van der Waals surface area contributed by atoms with E-state index in [4.69, 9.17) is 4.74 Å². The molecule has 4 nitrogen and oxygen atoms in total. The highest BCUT2D eigenvalue weighted by Crippen LogP contribution is 2.16. The maximum atomic E-state index is 5.76. The van der Waals surface area contributed by atoms with Crippen LogP contribution < -0.4 is 10.1 Å². The summed E-state index contributed by atoms with van der Waals surface area (Å²) in [5.74, 6) is 0.737. The largest absolute Gasteiger partial charge is 0.476 e. The molecule has 1 aliphatic heterocycles. The van der Waals surface area contributed by atoms with Crippen LogP contribution in [0.15, 0.2) is 18.3 Å². The average molecular weight is 263 g/mol. The van der Waals surface area contributed by atoms with E-state index in [0.29, 0.717) is 6.04 Å². The first-order chi connectivity index (χ1) is 9.29. The van der Waals surface area contributed by atoms with Crippen LogP contribution in [0.1, 0.15) is 38.3 Å². The highest BCUT2D eigenvalue weighted by atomic mass is 16.5. The van der Waals surface area contributed by atoms with E-state index in [1.807, 2.05) is 18.3 Å². The molecule has 1 N–H and O–H groups in total. The molecule has 19 heavy (non-hydrogen) atoms. The lowest BCUT2D eigenvalue weighted by Crippen LogP contribution is -2.25. The maximum absolute atomic E-state index is 5.76. The van der Waals surface area contributed by atoms with Crippen molar-refractivity contribution in [1.29, 1.82) is 0 Å². The molecule has 1 aliphatic rings. The van der Waals surface area contributed by atoms with Crippen LogP contribution in [-0.4, -0.2) is 42.7 Å². The molecule has 4 heteroatoms. The Hall–Kier alpha value is -1.13. The Balaban J connectivity index is 1.80. The Labute approximate surface area is 116 Å². The molecule has 1 unspecified atom stereocenters. The van der Waals surface area contributed by atoms with Crippen molar-refractivity contribution >= 4 is 0 Å². The Kier molecular flexibility index (Phi) is 5.61. The Morgan fingerprint density at radius 1 is 1.42 bits per heavy atom. The van der Waals surface area contributed by atoms with Gasteiger partial charge in [0.15, 0.2) is 0 Å². The molecule has 0 aliphatic carbocycles. The number of likely N-dealkylation sites (tertiary alicyclic amines) is 1. The first kappa shape index (κ1) is 14.3. The zero-order chi connectivity index (χ0) is 13.5. The Morgan fingerprint density at radius 3 is 2.95 bits per heavy atom. The molecule has 0 bridgehead atoms. The zero-order valence-electron chi connectivity index (χ0n) is 12.1. The van der Waals surface area contributed by atoms with Gasteiger partial charge < -0.3 is 10.1 Å². The summed E-state index contributed by atoms with van der Waals surface area (Å²) < 4.78 is 5.76. The van der Waals surface area contributed by atoms with Crippen LogP contribution >= 0.6 is 0 Å². The van der Waals surface area contributed by atoms with Gasteiger partial charge in [0.2, 0.25) is 5.88 Å². The van der Waals surface area contributed by atoms with Crippen molar-refractivity contribution in [1.82, 2.24) is 15.2 Å². The smallest absolute Gasteiger partial charge is 0.213 e. The van der Waals surface area contributed by atoms with E-state index in [0.717, 1.165) is 25.6 Å². The Morgan fingerprint density at radius 2 is 2.21 bits per heavy atom. The number of nitrogens with zero attached hydrogens (tertiary/aromatic N) is 2. The maximum Gasteiger partial charge on any atom is 0.213 e.